The second kappa shape index (κ2) is 9.41. The van der Waals surface area contributed by atoms with Gasteiger partial charge in [-0.1, -0.05) is 37.6 Å². The monoisotopic (exact) mass is 416 g/mol. The molecule has 2 aromatic carbocycles. The number of rotatable bonds is 7. The van der Waals surface area contributed by atoms with Crippen LogP contribution in [0, 0.1) is 0 Å². The van der Waals surface area contributed by atoms with Gasteiger partial charge in [-0.15, -0.1) is 0 Å². The third kappa shape index (κ3) is 5.81. The maximum atomic E-state index is 12.6. The normalized spacial score (nSPS) is 15.3. The fourth-order valence-corrected chi connectivity index (χ4v) is 4.49. The number of nitrogens with zero attached hydrogens (tertiary/aromatic N) is 1. The van der Waals surface area contributed by atoms with Crippen LogP contribution in [0.5, 0.6) is 0 Å². The maximum absolute atomic E-state index is 12.6. The first-order valence-corrected chi connectivity index (χ1v) is 11.5. The molecule has 2 aromatic rings. The second-order valence-electron chi connectivity index (χ2n) is 7.49. The van der Waals surface area contributed by atoms with Crippen molar-refractivity contribution in [2.75, 3.05) is 17.8 Å². The lowest BCUT2D eigenvalue weighted by Crippen LogP contribution is -2.40. The van der Waals surface area contributed by atoms with Crippen molar-refractivity contribution in [3.63, 3.8) is 0 Å². The summed E-state index contributed by atoms with van der Waals surface area (Å²) in [6.45, 7) is 3.24. The predicted octanol–water partition coefficient (Wildman–Crippen LogP) is 2.97. The number of sulfonamides is 1. The van der Waals surface area contributed by atoms with Crippen molar-refractivity contribution < 1.29 is 18.3 Å². The van der Waals surface area contributed by atoms with E-state index in [4.69, 9.17) is 0 Å². The Morgan fingerprint density at radius 2 is 1.62 bits per heavy atom. The number of hydrogen-bond acceptors (Lipinski definition) is 4. The molecule has 1 saturated heterocycles. The highest BCUT2D eigenvalue weighted by Gasteiger charge is 2.21. The molecule has 0 unspecified atom stereocenters. The first kappa shape index (κ1) is 21.3. The molecule has 156 valence electrons. The lowest BCUT2D eigenvalue weighted by molar-refractivity contribution is -0.132. The summed E-state index contributed by atoms with van der Waals surface area (Å²) in [4.78, 5) is 14.4. The number of nitrogens with one attached hydrogen (secondary N) is 1. The van der Waals surface area contributed by atoms with E-state index in [1.165, 1.54) is 0 Å². The van der Waals surface area contributed by atoms with Gasteiger partial charge in [0.2, 0.25) is 5.91 Å². The van der Waals surface area contributed by atoms with Crippen LogP contribution in [0.3, 0.4) is 0 Å². The topological polar surface area (TPSA) is 86.7 Å². The standard InChI is InChI=1S/C22H28N2O4S/c1-2-3-17-6-10-21(11-7-17)29(27,28)23-19-8-4-18(5-9-19)16-22(26)24-14-12-20(25)13-15-24/h4-11,20,23,25H,2-3,12-16H2,1H3. The maximum Gasteiger partial charge on any atom is 0.261 e. The Labute approximate surface area is 172 Å². The molecular weight excluding hydrogens is 388 g/mol. The van der Waals surface area contributed by atoms with E-state index in [0.29, 0.717) is 31.6 Å². The Balaban J connectivity index is 1.60. The third-order valence-electron chi connectivity index (χ3n) is 5.15. The van der Waals surface area contributed by atoms with Gasteiger partial charge in [0.05, 0.1) is 17.4 Å². The largest absolute Gasteiger partial charge is 0.393 e. The average molecular weight is 417 g/mol. The number of benzene rings is 2. The summed E-state index contributed by atoms with van der Waals surface area (Å²) in [6, 6.07) is 13.8. The Hall–Kier alpha value is -2.38. The molecule has 0 aliphatic carbocycles. The molecule has 0 atom stereocenters. The second-order valence-corrected chi connectivity index (χ2v) is 9.17. The molecular formula is C22H28N2O4S. The lowest BCUT2D eigenvalue weighted by Gasteiger charge is -2.29. The highest BCUT2D eigenvalue weighted by atomic mass is 32.2. The van der Waals surface area contributed by atoms with E-state index >= 15 is 0 Å². The molecule has 0 saturated carbocycles. The first-order chi connectivity index (χ1) is 13.9. The third-order valence-corrected chi connectivity index (χ3v) is 6.55. The van der Waals surface area contributed by atoms with Gasteiger partial charge in [0, 0.05) is 18.8 Å². The minimum Gasteiger partial charge on any atom is -0.393 e. The molecule has 1 amide bonds. The Morgan fingerprint density at radius 3 is 2.21 bits per heavy atom. The summed E-state index contributed by atoms with van der Waals surface area (Å²) in [6.07, 6.45) is 3.12. The van der Waals surface area contributed by atoms with Crippen molar-refractivity contribution in [2.45, 2.75) is 50.0 Å². The van der Waals surface area contributed by atoms with Crippen molar-refractivity contribution in [3.8, 4) is 0 Å². The highest BCUT2D eigenvalue weighted by Crippen LogP contribution is 2.19. The van der Waals surface area contributed by atoms with Crippen molar-refractivity contribution in [1.29, 1.82) is 0 Å². The Morgan fingerprint density at radius 1 is 1.03 bits per heavy atom. The minimum absolute atomic E-state index is 0.0254. The molecule has 29 heavy (non-hydrogen) atoms. The molecule has 0 spiro atoms. The molecule has 2 N–H and O–H groups in total. The van der Waals surface area contributed by atoms with Crippen molar-refractivity contribution in [2.24, 2.45) is 0 Å². The van der Waals surface area contributed by atoms with Gasteiger partial charge in [0.25, 0.3) is 10.0 Å². The minimum atomic E-state index is -3.65. The summed E-state index contributed by atoms with van der Waals surface area (Å²) < 4.78 is 27.7. The predicted molar refractivity (Wildman–Crippen MR) is 113 cm³/mol. The van der Waals surface area contributed by atoms with Gasteiger partial charge < -0.3 is 10.0 Å². The SMILES string of the molecule is CCCc1ccc(S(=O)(=O)Nc2ccc(CC(=O)N3CCC(O)CC3)cc2)cc1. The quantitative estimate of drug-likeness (QED) is 0.727. The van der Waals surface area contributed by atoms with Crippen LogP contribution >= 0.6 is 0 Å². The molecule has 1 aliphatic rings. The van der Waals surface area contributed by atoms with Gasteiger partial charge in [-0.3, -0.25) is 9.52 Å². The number of amides is 1. The molecule has 0 bridgehead atoms. The van der Waals surface area contributed by atoms with Crippen LogP contribution < -0.4 is 4.72 Å². The molecule has 0 aromatic heterocycles. The molecule has 3 rings (SSSR count). The van der Waals surface area contributed by atoms with Crippen LogP contribution in [0.15, 0.2) is 53.4 Å². The first-order valence-electron chi connectivity index (χ1n) is 10.0. The number of hydrogen-bond donors (Lipinski definition) is 2. The van der Waals surface area contributed by atoms with E-state index in [-0.39, 0.29) is 23.3 Å². The van der Waals surface area contributed by atoms with Crippen LogP contribution in [0.25, 0.3) is 0 Å². The number of likely N-dealkylation sites (tertiary alicyclic amines) is 1. The van der Waals surface area contributed by atoms with Crippen LogP contribution in [0.2, 0.25) is 0 Å². The number of piperidine rings is 1. The zero-order valence-electron chi connectivity index (χ0n) is 16.7. The highest BCUT2D eigenvalue weighted by molar-refractivity contribution is 7.92. The molecule has 1 aliphatic heterocycles. The molecule has 7 heteroatoms. The summed E-state index contributed by atoms with van der Waals surface area (Å²) in [5.74, 6) is 0.0254. The Bertz CT molecular complexity index is 916. The van der Waals surface area contributed by atoms with E-state index < -0.39 is 10.0 Å². The number of carbonyl (C=O) groups is 1. The molecule has 6 nitrogen and oxygen atoms in total. The number of aliphatic hydroxyl groups is 1. The number of aryl methyl sites for hydroxylation is 1. The van der Waals surface area contributed by atoms with Gasteiger partial charge >= 0.3 is 0 Å². The molecule has 0 radical (unpaired) electrons. The van der Waals surface area contributed by atoms with E-state index in [1.54, 1.807) is 41.3 Å². The zero-order chi connectivity index (χ0) is 20.9. The van der Waals surface area contributed by atoms with E-state index in [2.05, 4.69) is 11.6 Å². The lowest BCUT2D eigenvalue weighted by atomic mass is 10.1. The fourth-order valence-electron chi connectivity index (χ4n) is 3.43. The van der Waals surface area contributed by atoms with Crippen molar-refractivity contribution in [3.05, 3.63) is 59.7 Å². The number of aliphatic hydroxyl groups excluding tert-OH is 1. The smallest absolute Gasteiger partial charge is 0.261 e. The van der Waals surface area contributed by atoms with Crippen LogP contribution in [0.4, 0.5) is 5.69 Å². The van der Waals surface area contributed by atoms with Crippen LogP contribution in [0.1, 0.15) is 37.3 Å². The van der Waals surface area contributed by atoms with Gasteiger partial charge in [-0.2, -0.15) is 0 Å². The summed E-state index contributed by atoms with van der Waals surface area (Å²) >= 11 is 0. The van der Waals surface area contributed by atoms with Gasteiger partial charge in [0.15, 0.2) is 0 Å². The number of anilines is 1. The summed E-state index contributed by atoms with van der Waals surface area (Å²) in [5.41, 5.74) is 2.40. The number of carbonyl (C=O) groups excluding carboxylic acids is 1. The van der Waals surface area contributed by atoms with E-state index in [1.807, 2.05) is 12.1 Å². The molecule has 1 heterocycles. The summed E-state index contributed by atoms with van der Waals surface area (Å²) in [7, 11) is -3.65. The van der Waals surface area contributed by atoms with E-state index in [0.717, 1.165) is 24.0 Å². The average Bonchev–Trinajstić information content (AvgIpc) is 2.70. The Kier molecular flexibility index (Phi) is 6.92. The molecule has 1 fully saturated rings. The van der Waals surface area contributed by atoms with Crippen molar-refractivity contribution >= 4 is 21.6 Å². The van der Waals surface area contributed by atoms with Gasteiger partial charge in [-0.05, 0) is 54.7 Å². The fraction of sp³-hybridized carbons (Fsp3) is 0.409. The van der Waals surface area contributed by atoms with E-state index in [9.17, 15) is 18.3 Å². The van der Waals surface area contributed by atoms with Gasteiger partial charge in [0.1, 0.15) is 0 Å². The zero-order valence-corrected chi connectivity index (χ0v) is 17.5. The van der Waals surface area contributed by atoms with Crippen LogP contribution in [-0.4, -0.2) is 43.5 Å². The summed E-state index contributed by atoms with van der Waals surface area (Å²) in [5, 5.41) is 9.55. The van der Waals surface area contributed by atoms with Gasteiger partial charge in [-0.25, -0.2) is 8.42 Å². The van der Waals surface area contributed by atoms with Crippen molar-refractivity contribution in [1.82, 2.24) is 4.90 Å². The van der Waals surface area contributed by atoms with Crippen LogP contribution in [-0.2, 0) is 27.7 Å².